The first-order chi connectivity index (χ1) is 8.56. The number of aliphatic hydroxyl groups excluding tert-OH is 1. The number of carbonyl (C=O) groups is 1. The lowest BCUT2D eigenvalue weighted by molar-refractivity contribution is -0.153. The Hall–Kier alpha value is -1.75. The van der Waals surface area contributed by atoms with Crippen LogP contribution in [0.15, 0.2) is 6.07 Å². The fourth-order valence-corrected chi connectivity index (χ4v) is 1.91. The molecule has 0 bridgehead atoms. The molecule has 1 atom stereocenters. The van der Waals surface area contributed by atoms with Gasteiger partial charge in [-0.15, -0.1) is 0 Å². The van der Waals surface area contributed by atoms with Crippen molar-refractivity contribution in [2.24, 2.45) is 0 Å². The van der Waals surface area contributed by atoms with E-state index in [-0.39, 0.29) is 13.4 Å². The van der Waals surface area contributed by atoms with Crippen molar-refractivity contribution in [2.75, 3.05) is 13.4 Å². The van der Waals surface area contributed by atoms with E-state index in [1.54, 1.807) is 13.0 Å². The summed E-state index contributed by atoms with van der Waals surface area (Å²) >= 11 is 0. The van der Waals surface area contributed by atoms with Gasteiger partial charge in [-0.3, -0.25) is 0 Å². The Morgan fingerprint density at radius 2 is 2.11 bits per heavy atom. The number of rotatable bonds is 3. The molecule has 0 amide bonds. The number of aryl methyl sites for hydroxylation is 1. The first-order valence-electron chi connectivity index (χ1n) is 5.80. The Morgan fingerprint density at radius 3 is 2.78 bits per heavy atom. The van der Waals surface area contributed by atoms with Crippen molar-refractivity contribution in [1.82, 2.24) is 0 Å². The van der Waals surface area contributed by atoms with Crippen LogP contribution in [0.2, 0.25) is 0 Å². The average Bonchev–Trinajstić information content (AvgIpc) is 2.82. The van der Waals surface area contributed by atoms with Crippen LogP contribution in [-0.4, -0.2) is 24.5 Å². The van der Waals surface area contributed by atoms with Gasteiger partial charge in [0, 0.05) is 5.56 Å². The van der Waals surface area contributed by atoms with Crippen molar-refractivity contribution in [1.29, 1.82) is 0 Å². The van der Waals surface area contributed by atoms with E-state index in [0.717, 1.165) is 11.1 Å². The first kappa shape index (κ1) is 12.7. The van der Waals surface area contributed by atoms with Crippen molar-refractivity contribution in [3.8, 4) is 11.5 Å². The molecule has 18 heavy (non-hydrogen) atoms. The van der Waals surface area contributed by atoms with E-state index in [1.165, 1.54) is 0 Å². The summed E-state index contributed by atoms with van der Waals surface area (Å²) in [6.07, 6.45) is -1.35. The van der Waals surface area contributed by atoms with Crippen molar-refractivity contribution < 1.29 is 24.1 Å². The molecule has 0 saturated carbocycles. The monoisotopic (exact) mass is 252 g/mol. The number of hydrogen-bond acceptors (Lipinski definition) is 5. The molecule has 0 aliphatic carbocycles. The van der Waals surface area contributed by atoms with Crippen molar-refractivity contribution >= 4 is 5.97 Å². The summed E-state index contributed by atoms with van der Waals surface area (Å²) in [6.45, 7) is 5.81. The lowest BCUT2D eigenvalue weighted by Crippen LogP contribution is -2.16. The number of hydrogen-bond donors (Lipinski definition) is 1. The lowest BCUT2D eigenvalue weighted by atomic mass is 10.00. The van der Waals surface area contributed by atoms with E-state index in [4.69, 9.17) is 14.2 Å². The molecular weight excluding hydrogens is 236 g/mol. The molecule has 2 rings (SSSR count). The van der Waals surface area contributed by atoms with E-state index in [0.29, 0.717) is 17.1 Å². The van der Waals surface area contributed by atoms with Crippen LogP contribution in [0, 0.1) is 13.8 Å². The molecule has 1 aliphatic rings. The van der Waals surface area contributed by atoms with Gasteiger partial charge in [-0.2, -0.15) is 0 Å². The minimum atomic E-state index is -1.35. The Labute approximate surface area is 105 Å². The Morgan fingerprint density at radius 1 is 1.44 bits per heavy atom. The van der Waals surface area contributed by atoms with E-state index < -0.39 is 12.1 Å². The van der Waals surface area contributed by atoms with Gasteiger partial charge in [0.1, 0.15) is 0 Å². The van der Waals surface area contributed by atoms with Gasteiger partial charge in [-0.05, 0) is 38.0 Å². The van der Waals surface area contributed by atoms with E-state index >= 15 is 0 Å². The number of fused-ring (bicyclic) bond motifs is 1. The fraction of sp³-hybridized carbons (Fsp3) is 0.462. The van der Waals surface area contributed by atoms with Gasteiger partial charge in [0.25, 0.3) is 0 Å². The second kappa shape index (κ2) is 4.86. The van der Waals surface area contributed by atoms with Gasteiger partial charge < -0.3 is 19.3 Å². The van der Waals surface area contributed by atoms with Crippen LogP contribution < -0.4 is 9.47 Å². The van der Waals surface area contributed by atoms with E-state index in [2.05, 4.69) is 0 Å². The molecule has 1 aliphatic heterocycles. The average molecular weight is 252 g/mol. The molecule has 1 N–H and O–H groups in total. The van der Waals surface area contributed by atoms with Crippen LogP contribution in [0.1, 0.15) is 29.7 Å². The lowest BCUT2D eigenvalue weighted by Gasteiger charge is -2.14. The zero-order valence-corrected chi connectivity index (χ0v) is 10.6. The topological polar surface area (TPSA) is 65.0 Å². The highest BCUT2D eigenvalue weighted by Gasteiger charge is 2.29. The second-order valence-electron chi connectivity index (χ2n) is 4.13. The molecule has 1 aromatic carbocycles. The predicted octanol–water partition coefficient (Wildman–Crippen LogP) is 1.63. The highest BCUT2D eigenvalue weighted by Crippen LogP contribution is 2.42. The van der Waals surface area contributed by atoms with Gasteiger partial charge in [0.05, 0.1) is 6.61 Å². The predicted molar refractivity (Wildman–Crippen MR) is 63.6 cm³/mol. The van der Waals surface area contributed by atoms with Crippen LogP contribution in [0.5, 0.6) is 11.5 Å². The summed E-state index contributed by atoms with van der Waals surface area (Å²) in [4.78, 5) is 11.6. The summed E-state index contributed by atoms with van der Waals surface area (Å²) in [5.41, 5.74) is 2.27. The van der Waals surface area contributed by atoms with Gasteiger partial charge >= 0.3 is 5.97 Å². The number of benzene rings is 1. The zero-order valence-electron chi connectivity index (χ0n) is 10.6. The fourth-order valence-electron chi connectivity index (χ4n) is 1.91. The third-order valence-corrected chi connectivity index (χ3v) is 2.98. The SMILES string of the molecule is CCOC(=O)C(O)c1cc(C)c(C)c2c1OCO2. The highest BCUT2D eigenvalue weighted by atomic mass is 16.7. The summed E-state index contributed by atoms with van der Waals surface area (Å²) in [5, 5.41) is 9.99. The molecule has 0 radical (unpaired) electrons. The molecule has 1 heterocycles. The Kier molecular flexibility index (Phi) is 3.43. The number of ether oxygens (including phenoxy) is 3. The van der Waals surface area contributed by atoms with Gasteiger partial charge in [0.15, 0.2) is 17.6 Å². The summed E-state index contributed by atoms with van der Waals surface area (Å²) in [6, 6.07) is 1.73. The molecule has 5 heteroatoms. The highest BCUT2D eigenvalue weighted by molar-refractivity contribution is 5.78. The van der Waals surface area contributed by atoms with Crippen molar-refractivity contribution in [3.63, 3.8) is 0 Å². The van der Waals surface area contributed by atoms with Crippen LogP contribution in [0.4, 0.5) is 0 Å². The Balaban J connectivity index is 2.43. The molecular formula is C13H16O5. The molecule has 0 spiro atoms. The molecule has 1 aromatic rings. The molecule has 0 fully saturated rings. The van der Waals surface area contributed by atoms with Crippen LogP contribution >= 0.6 is 0 Å². The molecule has 98 valence electrons. The molecule has 1 unspecified atom stereocenters. The third-order valence-electron chi connectivity index (χ3n) is 2.98. The maximum absolute atomic E-state index is 11.6. The van der Waals surface area contributed by atoms with Crippen molar-refractivity contribution in [2.45, 2.75) is 26.9 Å². The number of esters is 1. The van der Waals surface area contributed by atoms with E-state index in [1.807, 2.05) is 13.8 Å². The van der Waals surface area contributed by atoms with Gasteiger partial charge in [-0.25, -0.2) is 4.79 Å². The van der Waals surface area contributed by atoms with Crippen LogP contribution in [-0.2, 0) is 9.53 Å². The second-order valence-corrected chi connectivity index (χ2v) is 4.13. The minimum Gasteiger partial charge on any atom is -0.464 e. The van der Waals surface area contributed by atoms with Crippen molar-refractivity contribution in [3.05, 3.63) is 22.8 Å². The number of aliphatic hydroxyl groups is 1. The maximum atomic E-state index is 11.6. The molecule has 5 nitrogen and oxygen atoms in total. The first-order valence-corrected chi connectivity index (χ1v) is 5.80. The van der Waals surface area contributed by atoms with Crippen LogP contribution in [0.25, 0.3) is 0 Å². The quantitative estimate of drug-likeness (QED) is 0.828. The summed E-state index contributed by atoms with van der Waals surface area (Å²) in [7, 11) is 0. The maximum Gasteiger partial charge on any atom is 0.339 e. The normalized spacial score (nSPS) is 14.4. The zero-order chi connectivity index (χ0) is 13.3. The molecule has 0 saturated heterocycles. The largest absolute Gasteiger partial charge is 0.464 e. The number of carbonyl (C=O) groups excluding carboxylic acids is 1. The minimum absolute atomic E-state index is 0.0994. The standard InChI is InChI=1S/C13H16O5/c1-4-16-13(15)10(14)9-5-7(2)8(3)11-12(9)18-6-17-11/h5,10,14H,4,6H2,1-3H3. The molecule has 0 aromatic heterocycles. The summed E-state index contributed by atoms with van der Waals surface area (Å²) < 4.78 is 15.5. The van der Waals surface area contributed by atoms with E-state index in [9.17, 15) is 9.90 Å². The third kappa shape index (κ3) is 2.01. The smallest absolute Gasteiger partial charge is 0.339 e. The van der Waals surface area contributed by atoms with Gasteiger partial charge in [0.2, 0.25) is 6.79 Å². The van der Waals surface area contributed by atoms with Gasteiger partial charge in [-0.1, -0.05) is 0 Å². The summed E-state index contributed by atoms with van der Waals surface area (Å²) in [5.74, 6) is 0.338. The van der Waals surface area contributed by atoms with Crippen LogP contribution in [0.3, 0.4) is 0 Å². The Bertz CT molecular complexity index is 481.